The number of carbonyl (C=O) groups is 1. The zero-order valence-corrected chi connectivity index (χ0v) is 42.5. The van der Waals surface area contributed by atoms with Crippen molar-refractivity contribution < 1.29 is 20.1 Å². The maximum absolute atomic E-state index is 12.5. The third kappa shape index (κ3) is 48.8. The van der Waals surface area contributed by atoms with Crippen LogP contribution in [-0.2, 0) is 4.79 Å². The first-order valence-electron chi connectivity index (χ1n) is 28.8. The van der Waals surface area contributed by atoms with Crippen LogP contribution in [0.3, 0.4) is 0 Å². The summed E-state index contributed by atoms with van der Waals surface area (Å²) in [4.78, 5) is 12.5. The number of rotatable bonds is 54. The van der Waals surface area contributed by atoms with Gasteiger partial charge in [-0.3, -0.25) is 4.79 Å². The summed E-state index contributed by atoms with van der Waals surface area (Å²) in [5.74, 6) is -0.274. The van der Waals surface area contributed by atoms with Crippen LogP contribution in [0.4, 0.5) is 0 Å². The van der Waals surface area contributed by atoms with E-state index in [9.17, 15) is 20.1 Å². The van der Waals surface area contributed by atoms with Crippen molar-refractivity contribution in [3.63, 3.8) is 0 Å². The summed E-state index contributed by atoms with van der Waals surface area (Å²) in [6.07, 6.45) is 64.1. The molecule has 0 heterocycles. The molecule has 0 saturated carbocycles. The summed E-state index contributed by atoms with van der Waals surface area (Å²) in [6.45, 7) is 4.31. The van der Waals surface area contributed by atoms with Gasteiger partial charge in [-0.05, 0) is 12.8 Å². The van der Waals surface area contributed by atoms with Crippen LogP contribution >= 0.6 is 0 Å². The summed E-state index contributed by atoms with van der Waals surface area (Å²) in [5.41, 5.74) is 0. The Bertz CT molecular complexity index is 838. The number of carbonyl (C=O) groups excluding carboxylic acids is 1. The Labute approximate surface area is 389 Å². The fourth-order valence-electron chi connectivity index (χ4n) is 9.53. The lowest BCUT2D eigenvalue weighted by Gasteiger charge is -2.23. The molecule has 372 valence electrons. The molecule has 0 aliphatic carbocycles. The van der Waals surface area contributed by atoms with Crippen LogP contribution in [0.5, 0.6) is 0 Å². The molecule has 0 radical (unpaired) electrons. The van der Waals surface area contributed by atoms with Crippen LogP contribution in [-0.4, -0.2) is 46.1 Å². The fraction of sp³-hybridized carbons (Fsp3) is 0.982. The number of aliphatic hydroxyl groups excluding tert-OH is 3. The minimum absolute atomic E-state index is 0.0436. The molecule has 5 nitrogen and oxygen atoms in total. The van der Waals surface area contributed by atoms with Crippen molar-refractivity contribution in [2.45, 2.75) is 353 Å². The highest BCUT2D eigenvalue weighted by atomic mass is 16.3. The van der Waals surface area contributed by atoms with Crippen LogP contribution < -0.4 is 5.32 Å². The molecule has 0 spiro atoms. The molecule has 3 unspecified atom stereocenters. The van der Waals surface area contributed by atoms with Crippen molar-refractivity contribution in [3.8, 4) is 0 Å². The Balaban J connectivity index is 3.45. The van der Waals surface area contributed by atoms with E-state index in [1.165, 1.54) is 276 Å². The molecular weight excluding hydrogens is 763 g/mol. The Hall–Kier alpha value is -0.650. The molecule has 0 saturated heterocycles. The van der Waals surface area contributed by atoms with Crippen molar-refractivity contribution in [1.29, 1.82) is 0 Å². The fourth-order valence-corrected chi connectivity index (χ4v) is 9.53. The van der Waals surface area contributed by atoms with E-state index in [1.54, 1.807) is 0 Å². The van der Waals surface area contributed by atoms with Crippen molar-refractivity contribution in [1.82, 2.24) is 5.32 Å². The average Bonchev–Trinajstić information content (AvgIpc) is 3.27. The maximum atomic E-state index is 12.5. The van der Waals surface area contributed by atoms with E-state index < -0.39 is 18.2 Å². The van der Waals surface area contributed by atoms with Crippen molar-refractivity contribution in [2.24, 2.45) is 0 Å². The summed E-state index contributed by atoms with van der Waals surface area (Å²) in [7, 11) is 0. The lowest BCUT2D eigenvalue weighted by atomic mass is 10.0. The van der Waals surface area contributed by atoms with Gasteiger partial charge in [0.2, 0.25) is 5.91 Å². The van der Waals surface area contributed by atoms with Gasteiger partial charge in [0.25, 0.3) is 0 Å². The van der Waals surface area contributed by atoms with Gasteiger partial charge in [-0.2, -0.15) is 0 Å². The van der Waals surface area contributed by atoms with Gasteiger partial charge < -0.3 is 20.6 Å². The van der Waals surface area contributed by atoms with Gasteiger partial charge in [0, 0.05) is 0 Å². The number of hydrogen-bond donors (Lipinski definition) is 4. The minimum Gasteiger partial charge on any atom is -0.394 e. The highest BCUT2D eigenvalue weighted by molar-refractivity contribution is 5.76. The maximum Gasteiger partial charge on any atom is 0.222 e. The van der Waals surface area contributed by atoms with E-state index in [1.807, 2.05) is 0 Å². The highest BCUT2D eigenvalue weighted by Crippen LogP contribution is 2.19. The number of unbranched alkanes of at least 4 members (excludes halogenated alkanes) is 45. The van der Waals surface area contributed by atoms with Crippen molar-refractivity contribution in [3.05, 3.63) is 0 Å². The van der Waals surface area contributed by atoms with Gasteiger partial charge in [0.1, 0.15) is 0 Å². The van der Waals surface area contributed by atoms with Crippen molar-refractivity contribution in [2.75, 3.05) is 6.61 Å². The van der Waals surface area contributed by atoms with Gasteiger partial charge in [0.15, 0.2) is 0 Å². The predicted octanol–water partition coefficient (Wildman–Crippen LogP) is 17.7. The monoisotopic (exact) mass is 878 g/mol. The van der Waals surface area contributed by atoms with E-state index in [4.69, 9.17) is 0 Å². The highest BCUT2D eigenvalue weighted by Gasteiger charge is 2.21. The molecule has 0 bridgehead atoms. The summed E-state index contributed by atoms with van der Waals surface area (Å²) >= 11 is 0. The molecule has 62 heavy (non-hydrogen) atoms. The predicted molar refractivity (Wildman–Crippen MR) is 273 cm³/mol. The molecule has 3 atom stereocenters. The van der Waals surface area contributed by atoms with Gasteiger partial charge in [0.05, 0.1) is 31.3 Å². The molecule has 1 amide bonds. The van der Waals surface area contributed by atoms with Crippen LogP contribution in [0.1, 0.15) is 335 Å². The lowest BCUT2D eigenvalue weighted by molar-refractivity contribution is -0.125. The first-order chi connectivity index (χ1) is 30.5. The molecule has 0 aromatic carbocycles. The lowest BCUT2D eigenvalue weighted by Crippen LogP contribution is -2.46. The van der Waals surface area contributed by atoms with Gasteiger partial charge in [-0.1, -0.05) is 316 Å². The Morgan fingerprint density at radius 1 is 0.339 bits per heavy atom. The van der Waals surface area contributed by atoms with E-state index in [0.717, 1.165) is 25.7 Å². The molecule has 0 fully saturated rings. The second-order valence-corrected chi connectivity index (χ2v) is 20.3. The molecular formula is C57H115NO4. The smallest absolute Gasteiger partial charge is 0.222 e. The molecule has 5 heteroatoms. The Kier molecular flexibility index (Phi) is 52.4. The minimum atomic E-state index is -0.745. The van der Waals surface area contributed by atoms with Gasteiger partial charge >= 0.3 is 0 Å². The zero-order valence-electron chi connectivity index (χ0n) is 42.5. The van der Waals surface area contributed by atoms with Crippen LogP contribution in [0.25, 0.3) is 0 Å². The molecule has 0 aliphatic heterocycles. The quantitative estimate of drug-likeness (QED) is 0.0458. The number of amides is 1. The van der Waals surface area contributed by atoms with E-state index in [0.29, 0.717) is 12.8 Å². The summed E-state index contributed by atoms with van der Waals surface area (Å²) < 4.78 is 0. The Morgan fingerprint density at radius 3 is 0.774 bits per heavy atom. The second kappa shape index (κ2) is 53.0. The van der Waals surface area contributed by atoms with E-state index in [-0.39, 0.29) is 18.9 Å². The van der Waals surface area contributed by atoms with Crippen LogP contribution in [0.2, 0.25) is 0 Å². The second-order valence-electron chi connectivity index (χ2n) is 20.3. The SMILES string of the molecule is CCCCCCCCCCCCCCCCCCCCCCCCCCCCCCCCC(O)CC(=O)NC(CO)C(O)CCCCCCCCCCCCCCCCCCC. The van der Waals surface area contributed by atoms with Crippen LogP contribution in [0.15, 0.2) is 0 Å². The molecule has 0 aliphatic rings. The standard InChI is InChI=1S/C57H115NO4/c1-3-5-7-9-11-13-15-17-19-21-22-23-24-25-26-27-28-29-30-31-32-33-35-36-38-40-42-44-46-48-50-54(60)52-57(62)58-55(53-59)56(61)51-49-47-45-43-41-39-37-34-20-18-16-14-12-10-8-6-4-2/h54-56,59-61H,3-53H2,1-2H3,(H,58,62). The third-order valence-electron chi connectivity index (χ3n) is 13.9. The Morgan fingerprint density at radius 2 is 0.548 bits per heavy atom. The first kappa shape index (κ1) is 61.4. The molecule has 0 aromatic rings. The summed E-state index contributed by atoms with van der Waals surface area (Å²) in [6, 6.07) is -0.654. The molecule has 0 rings (SSSR count). The largest absolute Gasteiger partial charge is 0.394 e. The number of hydrogen-bond acceptors (Lipinski definition) is 4. The van der Waals surface area contributed by atoms with Crippen LogP contribution in [0, 0.1) is 0 Å². The first-order valence-corrected chi connectivity index (χ1v) is 28.8. The van der Waals surface area contributed by atoms with E-state index >= 15 is 0 Å². The topological polar surface area (TPSA) is 89.8 Å². The van der Waals surface area contributed by atoms with Gasteiger partial charge in [-0.15, -0.1) is 0 Å². The number of aliphatic hydroxyl groups is 3. The molecule has 0 aromatic heterocycles. The number of nitrogens with one attached hydrogen (secondary N) is 1. The normalized spacial score (nSPS) is 13.2. The summed E-state index contributed by atoms with van der Waals surface area (Å²) in [5, 5.41) is 33.6. The zero-order chi connectivity index (χ0) is 45.1. The third-order valence-corrected chi connectivity index (χ3v) is 13.9. The van der Waals surface area contributed by atoms with Crippen molar-refractivity contribution >= 4 is 5.91 Å². The molecule has 4 N–H and O–H groups in total. The van der Waals surface area contributed by atoms with E-state index in [2.05, 4.69) is 19.2 Å². The van der Waals surface area contributed by atoms with Gasteiger partial charge in [-0.25, -0.2) is 0 Å². The average molecular weight is 879 g/mol.